The van der Waals surface area contributed by atoms with Crippen molar-refractivity contribution in [1.82, 2.24) is 4.90 Å². The van der Waals surface area contributed by atoms with Crippen molar-refractivity contribution in [2.45, 2.75) is 12.6 Å². The highest BCUT2D eigenvalue weighted by molar-refractivity contribution is 6.46. The molecular weight excluding hydrogens is 450 g/mol. The zero-order chi connectivity index (χ0) is 23.1. The highest BCUT2D eigenvalue weighted by Crippen LogP contribution is 2.42. The molecule has 0 radical (unpaired) electrons. The van der Waals surface area contributed by atoms with Crippen LogP contribution in [0.2, 0.25) is 5.02 Å². The molecule has 33 heavy (non-hydrogen) atoms. The number of ether oxygens (including phenoxy) is 3. The molecular formula is C24H18ClNO7. The van der Waals surface area contributed by atoms with Crippen LogP contribution in [0, 0.1) is 0 Å². The summed E-state index contributed by atoms with van der Waals surface area (Å²) in [5, 5.41) is 11.4. The molecule has 0 saturated carbocycles. The molecule has 0 bridgehead atoms. The molecule has 1 atom stereocenters. The molecule has 1 saturated heterocycles. The number of Topliss-reactive ketones (excluding diaryl/α,β-unsaturated/α-hetero) is 1. The van der Waals surface area contributed by atoms with Crippen LogP contribution in [0.5, 0.6) is 17.2 Å². The Hall–Kier alpha value is -3.91. The Kier molecular flexibility index (Phi) is 5.22. The molecule has 1 aromatic heterocycles. The maximum absolute atomic E-state index is 13.1. The van der Waals surface area contributed by atoms with E-state index in [2.05, 4.69) is 0 Å². The van der Waals surface area contributed by atoms with E-state index in [1.807, 2.05) is 0 Å². The van der Waals surface area contributed by atoms with Gasteiger partial charge in [-0.2, -0.15) is 0 Å². The molecule has 8 nitrogen and oxygen atoms in total. The number of hydrogen-bond donors (Lipinski definition) is 1. The lowest BCUT2D eigenvalue weighted by atomic mass is 9.99. The van der Waals surface area contributed by atoms with Crippen molar-refractivity contribution in [1.29, 1.82) is 0 Å². The number of furan rings is 1. The summed E-state index contributed by atoms with van der Waals surface area (Å²) >= 11 is 6.09. The first-order valence-electron chi connectivity index (χ1n) is 10.0. The summed E-state index contributed by atoms with van der Waals surface area (Å²) in [7, 11) is 1.44. The predicted molar refractivity (Wildman–Crippen MR) is 117 cm³/mol. The van der Waals surface area contributed by atoms with Gasteiger partial charge in [-0.3, -0.25) is 9.59 Å². The number of aliphatic hydroxyl groups excluding tert-OH is 1. The minimum atomic E-state index is -0.924. The van der Waals surface area contributed by atoms with Crippen LogP contribution in [0.4, 0.5) is 0 Å². The molecule has 3 aromatic rings. The number of carbonyl (C=O) groups is 2. The lowest BCUT2D eigenvalue weighted by molar-refractivity contribution is -0.140. The van der Waals surface area contributed by atoms with E-state index >= 15 is 0 Å². The summed E-state index contributed by atoms with van der Waals surface area (Å²) in [6, 6.07) is 12.3. The summed E-state index contributed by atoms with van der Waals surface area (Å²) in [5.74, 6) is -0.0766. The van der Waals surface area contributed by atoms with E-state index in [1.54, 1.807) is 42.5 Å². The largest absolute Gasteiger partial charge is 0.507 e. The van der Waals surface area contributed by atoms with Gasteiger partial charge in [0.2, 0.25) is 6.79 Å². The van der Waals surface area contributed by atoms with E-state index in [0.29, 0.717) is 28.0 Å². The van der Waals surface area contributed by atoms with Crippen molar-refractivity contribution >= 4 is 29.1 Å². The van der Waals surface area contributed by atoms with Gasteiger partial charge >= 0.3 is 0 Å². The van der Waals surface area contributed by atoms with Crippen LogP contribution < -0.4 is 14.2 Å². The molecule has 2 aliphatic heterocycles. The number of carbonyl (C=O) groups excluding carboxylic acids is 2. The molecule has 0 spiro atoms. The number of amides is 1. The first-order chi connectivity index (χ1) is 16.0. The zero-order valence-corrected chi connectivity index (χ0v) is 18.2. The molecule has 168 valence electrons. The van der Waals surface area contributed by atoms with Gasteiger partial charge in [-0.25, -0.2) is 0 Å². The molecule has 2 aliphatic rings. The molecule has 1 N–H and O–H groups in total. The SMILES string of the molecule is COc1cc(/C(O)=C2/C(=O)C(=O)N(Cc3ccc4c(c3)OCO4)C2c2ccco2)ccc1Cl. The van der Waals surface area contributed by atoms with E-state index in [-0.39, 0.29) is 30.2 Å². The summed E-state index contributed by atoms with van der Waals surface area (Å²) in [4.78, 5) is 27.5. The average molecular weight is 468 g/mol. The van der Waals surface area contributed by atoms with Gasteiger partial charge in [0.05, 0.1) is 24.0 Å². The van der Waals surface area contributed by atoms with Gasteiger partial charge in [0.1, 0.15) is 23.3 Å². The normalized spacial score (nSPS) is 18.7. The van der Waals surface area contributed by atoms with Crippen molar-refractivity contribution in [3.8, 4) is 17.2 Å². The number of likely N-dealkylation sites (tertiary alicyclic amines) is 1. The smallest absolute Gasteiger partial charge is 0.296 e. The Morgan fingerprint density at radius 3 is 2.73 bits per heavy atom. The van der Waals surface area contributed by atoms with Gasteiger partial charge in [0.25, 0.3) is 11.7 Å². The molecule has 1 amide bonds. The minimum Gasteiger partial charge on any atom is -0.507 e. The fourth-order valence-electron chi connectivity index (χ4n) is 3.98. The topological polar surface area (TPSA) is 98.4 Å². The second kappa shape index (κ2) is 8.22. The molecule has 1 unspecified atom stereocenters. The predicted octanol–water partition coefficient (Wildman–Crippen LogP) is 4.29. The van der Waals surface area contributed by atoms with Gasteiger partial charge < -0.3 is 28.6 Å². The van der Waals surface area contributed by atoms with Gasteiger partial charge in [0.15, 0.2) is 11.5 Å². The highest BCUT2D eigenvalue weighted by Gasteiger charge is 2.47. The van der Waals surface area contributed by atoms with Crippen LogP contribution in [0.25, 0.3) is 5.76 Å². The number of ketones is 1. The third kappa shape index (κ3) is 3.58. The number of rotatable bonds is 5. The van der Waals surface area contributed by atoms with Crippen LogP contribution in [-0.4, -0.2) is 35.6 Å². The third-order valence-corrected chi connectivity index (χ3v) is 5.88. The van der Waals surface area contributed by atoms with Crippen LogP contribution in [0.15, 0.2) is 64.8 Å². The average Bonchev–Trinajstić information content (AvgIpc) is 3.56. The zero-order valence-electron chi connectivity index (χ0n) is 17.4. The maximum Gasteiger partial charge on any atom is 0.296 e. The lowest BCUT2D eigenvalue weighted by Gasteiger charge is -2.23. The van der Waals surface area contributed by atoms with Gasteiger partial charge in [-0.15, -0.1) is 0 Å². The summed E-state index contributed by atoms with van der Waals surface area (Å²) < 4.78 is 21.5. The Morgan fingerprint density at radius 2 is 1.97 bits per heavy atom. The molecule has 3 heterocycles. The van der Waals surface area contributed by atoms with E-state index < -0.39 is 17.7 Å². The molecule has 1 fully saturated rings. The monoisotopic (exact) mass is 467 g/mol. The Morgan fingerprint density at radius 1 is 1.15 bits per heavy atom. The number of benzene rings is 2. The van der Waals surface area contributed by atoms with Crippen LogP contribution in [0.1, 0.15) is 22.9 Å². The third-order valence-electron chi connectivity index (χ3n) is 5.57. The number of nitrogens with zero attached hydrogens (tertiary/aromatic N) is 1. The van der Waals surface area contributed by atoms with Crippen molar-refractivity contribution in [2.24, 2.45) is 0 Å². The van der Waals surface area contributed by atoms with Crippen LogP contribution in [0.3, 0.4) is 0 Å². The first kappa shape index (κ1) is 21.0. The van der Waals surface area contributed by atoms with E-state index in [0.717, 1.165) is 5.56 Å². The summed E-state index contributed by atoms with van der Waals surface area (Å²) in [6.07, 6.45) is 1.45. The van der Waals surface area contributed by atoms with Crippen LogP contribution in [-0.2, 0) is 16.1 Å². The van der Waals surface area contributed by atoms with Crippen molar-refractivity contribution in [3.05, 3.63) is 82.3 Å². The van der Waals surface area contributed by atoms with E-state index in [9.17, 15) is 14.7 Å². The number of hydrogen-bond acceptors (Lipinski definition) is 7. The van der Waals surface area contributed by atoms with Crippen LogP contribution >= 0.6 is 11.6 Å². The fourth-order valence-corrected chi connectivity index (χ4v) is 4.18. The van der Waals surface area contributed by atoms with Gasteiger partial charge in [-0.05, 0) is 48.0 Å². The number of halogens is 1. The Labute approximate surface area is 193 Å². The lowest BCUT2D eigenvalue weighted by Crippen LogP contribution is -2.29. The first-order valence-corrected chi connectivity index (χ1v) is 10.4. The molecule has 2 aromatic carbocycles. The number of fused-ring (bicyclic) bond motifs is 1. The fraction of sp³-hybridized carbons (Fsp3) is 0.167. The van der Waals surface area contributed by atoms with E-state index in [1.165, 1.54) is 24.3 Å². The quantitative estimate of drug-likeness (QED) is 0.339. The second-order valence-electron chi connectivity index (χ2n) is 7.48. The van der Waals surface area contributed by atoms with Crippen molar-refractivity contribution in [2.75, 3.05) is 13.9 Å². The highest BCUT2D eigenvalue weighted by atomic mass is 35.5. The van der Waals surface area contributed by atoms with Crippen molar-refractivity contribution < 1.29 is 33.3 Å². The molecule has 0 aliphatic carbocycles. The van der Waals surface area contributed by atoms with Gasteiger partial charge in [-0.1, -0.05) is 17.7 Å². The molecule has 5 rings (SSSR count). The number of aliphatic hydroxyl groups is 1. The Bertz CT molecular complexity index is 1280. The van der Waals surface area contributed by atoms with Crippen molar-refractivity contribution in [3.63, 3.8) is 0 Å². The Balaban J connectivity index is 1.59. The van der Waals surface area contributed by atoms with E-state index in [4.69, 9.17) is 30.2 Å². The standard InChI is InChI=1S/C24H18ClNO7/c1-30-18-10-14(5-6-15(18)25)22(27)20-21(17-3-2-8-31-17)26(24(29)23(20)28)11-13-4-7-16-19(9-13)33-12-32-16/h2-10,21,27H,11-12H2,1H3/b22-20-. The maximum atomic E-state index is 13.1. The number of methoxy groups -OCH3 is 1. The summed E-state index contributed by atoms with van der Waals surface area (Å²) in [6.45, 7) is 0.216. The molecule has 9 heteroatoms. The minimum absolute atomic E-state index is 0.0833. The second-order valence-corrected chi connectivity index (χ2v) is 7.89. The summed E-state index contributed by atoms with van der Waals surface area (Å²) in [5.41, 5.74) is 0.930. The van der Waals surface area contributed by atoms with Gasteiger partial charge in [0, 0.05) is 12.1 Å².